The van der Waals surface area contributed by atoms with Gasteiger partial charge >= 0.3 is 0 Å². The molecule has 144 valence electrons. The molecule has 0 saturated heterocycles. The Morgan fingerprint density at radius 3 is 2.39 bits per heavy atom. The molecule has 0 aliphatic carbocycles. The molecule has 0 unspecified atom stereocenters. The molecule has 0 aromatic heterocycles. The minimum Gasteiger partial charge on any atom is -0.326 e. The van der Waals surface area contributed by atoms with Gasteiger partial charge in [0, 0.05) is 22.6 Å². The summed E-state index contributed by atoms with van der Waals surface area (Å²) in [5, 5.41) is 5.27. The van der Waals surface area contributed by atoms with E-state index in [1.54, 1.807) is 36.0 Å². The fraction of sp³-hybridized carbons (Fsp3) is 0.250. The Labute approximate surface area is 170 Å². The van der Waals surface area contributed by atoms with E-state index in [-0.39, 0.29) is 11.7 Å². The molecule has 3 aromatic rings. The van der Waals surface area contributed by atoms with E-state index in [0.29, 0.717) is 17.7 Å². The molecule has 0 aliphatic heterocycles. The summed E-state index contributed by atoms with van der Waals surface area (Å²) < 4.78 is 0. The highest BCUT2D eigenvalue weighted by atomic mass is 32.2. The Morgan fingerprint density at radius 2 is 1.64 bits per heavy atom. The molecule has 28 heavy (non-hydrogen) atoms. The number of carbonyl (C=O) groups is 2. The molecule has 3 rings (SSSR count). The summed E-state index contributed by atoms with van der Waals surface area (Å²) in [5.41, 5.74) is 1.40. The number of unbranched alkanes of at least 4 members (excludes halogenated alkanes) is 2. The predicted molar refractivity (Wildman–Crippen MR) is 118 cm³/mol. The number of benzene rings is 3. The summed E-state index contributed by atoms with van der Waals surface area (Å²) in [7, 11) is 0. The number of carbonyl (C=O) groups excluding carboxylic acids is 2. The van der Waals surface area contributed by atoms with E-state index < -0.39 is 0 Å². The number of amides is 1. The first-order valence-electron chi connectivity index (χ1n) is 9.70. The lowest BCUT2D eigenvalue weighted by atomic mass is 10.1. The van der Waals surface area contributed by atoms with Gasteiger partial charge in [-0.25, -0.2) is 0 Å². The quantitative estimate of drug-likeness (QED) is 0.263. The van der Waals surface area contributed by atoms with Crippen LogP contribution < -0.4 is 5.32 Å². The Morgan fingerprint density at radius 1 is 0.893 bits per heavy atom. The van der Waals surface area contributed by atoms with Crippen molar-refractivity contribution in [2.75, 3.05) is 11.1 Å². The third-order valence-electron chi connectivity index (χ3n) is 4.59. The summed E-state index contributed by atoms with van der Waals surface area (Å²) in [5.74, 6) is 0.500. The number of anilines is 1. The molecule has 0 bridgehead atoms. The lowest BCUT2D eigenvalue weighted by Gasteiger charge is -2.07. The van der Waals surface area contributed by atoms with Crippen molar-refractivity contribution >= 4 is 39.9 Å². The van der Waals surface area contributed by atoms with Gasteiger partial charge in [-0.05, 0) is 53.6 Å². The van der Waals surface area contributed by atoms with Gasteiger partial charge < -0.3 is 5.32 Å². The summed E-state index contributed by atoms with van der Waals surface area (Å²) >= 11 is 1.54. The van der Waals surface area contributed by atoms with Crippen LogP contribution in [0.4, 0.5) is 5.69 Å². The third-order valence-corrected chi connectivity index (χ3v) is 5.58. The lowest BCUT2D eigenvalue weighted by molar-refractivity contribution is -0.116. The van der Waals surface area contributed by atoms with Gasteiger partial charge in [0.05, 0.1) is 5.75 Å². The molecule has 1 amide bonds. The van der Waals surface area contributed by atoms with Crippen LogP contribution in [-0.4, -0.2) is 17.4 Å². The average molecular weight is 392 g/mol. The number of hydrogen-bond donors (Lipinski definition) is 1. The van der Waals surface area contributed by atoms with Crippen LogP contribution in [0.25, 0.3) is 10.8 Å². The van der Waals surface area contributed by atoms with Crippen LogP contribution in [0.3, 0.4) is 0 Å². The van der Waals surface area contributed by atoms with Crippen LogP contribution in [0.5, 0.6) is 0 Å². The van der Waals surface area contributed by atoms with Gasteiger partial charge in [-0.1, -0.05) is 50.1 Å². The average Bonchev–Trinajstić information content (AvgIpc) is 2.72. The van der Waals surface area contributed by atoms with E-state index in [4.69, 9.17) is 0 Å². The van der Waals surface area contributed by atoms with Crippen molar-refractivity contribution in [3.8, 4) is 0 Å². The smallest absolute Gasteiger partial charge is 0.224 e. The van der Waals surface area contributed by atoms with Gasteiger partial charge in [0.25, 0.3) is 0 Å². The number of hydrogen-bond acceptors (Lipinski definition) is 3. The summed E-state index contributed by atoms with van der Waals surface area (Å²) in [6, 6.07) is 21.6. The molecule has 0 spiro atoms. The first kappa shape index (κ1) is 20.2. The van der Waals surface area contributed by atoms with Crippen molar-refractivity contribution in [1.82, 2.24) is 0 Å². The van der Waals surface area contributed by atoms with Crippen LogP contribution >= 0.6 is 11.8 Å². The normalized spacial score (nSPS) is 10.8. The fourth-order valence-electron chi connectivity index (χ4n) is 2.99. The van der Waals surface area contributed by atoms with E-state index in [9.17, 15) is 9.59 Å². The Kier molecular flexibility index (Phi) is 7.26. The van der Waals surface area contributed by atoms with Crippen molar-refractivity contribution in [3.63, 3.8) is 0 Å². The van der Waals surface area contributed by atoms with Crippen LogP contribution in [-0.2, 0) is 4.79 Å². The monoisotopic (exact) mass is 391 g/mol. The first-order valence-corrected chi connectivity index (χ1v) is 10.7. The van der Waals surface area contributed by atoms with Gasteiger partial charge in [-0.3, -0.25) is 9.59 Å². The van der Waals surface area contributed by atoms with Crippen LogP contribution in [0.2, 0.25) is 0 Å². The molecule has 4 heteroatoms. The van der Waals surface area contributed by atoms with Crippen LogP contribution in [0, 0.1) is 0 Å². The van der Waals surface area contributed by atoms with Crippen molar-refractivity contribution < 1.29 is 9.59 Å². The maximum absolute atomic E-state index is 12.5. The topological polar surface area (TPSA) is 46.2 Å². The maximum atomic E-state index is 12.5. The highest BCUT2D eigenvalue weighted by Crippen LogP contribution is 2.24. The maximum Gasteiger partial charge on any atom is 0.224 e. The minimum atomic E-state index is 0.0272. The Balaban J connectivity index is 1.53. The second-order valence-electron chi connectivity index (χ2n) is 6.80. The molecule has 0 fully saturated rings. The highest BCUT2D eigenvalue weighted by Gasteiger charge is 2.08. The van der Waals surface area contributed by atoms with E-state index in [1.165, 1.54) is 10.8 Å². The SMILES string of the molecule is CCCCCC(=O)Nc1ccc(C(=O)CSc2ccc3ccccc3c2)cc1. The highest BCUT2D eigenvalue weighted by molar-refractivity contribution is 8.00. The number of ketones is 1. The van der Waals surface area contributed by atoms with Gasteiger partial charge in [0.2, 0.25) is 5.91 Å². The molecule has 0 radical (unpaired) electrons. The van der Waals surface area contributed by atoms with E-state index in [2.05, 4.69) is 42.6 Å². The number of thioether (sulfide) groups is 1. The Hall–Kier alpha value is -2.59. The molecular weight excluding hydrogens is 366 g/mol. The van der Waals surface area contributed by atoms with Gasteiger partial charge in [0.15, 0.2) is 5.78 Å². The lowest BCUT2D eigenvalue weighted by Crippen LogP contribution is -2.11. The van der Waals surface area contributed by atoms with Crippen LogP contribution in [0.15, 0.2) is 71.6 Å². The number of fused-ring (bicyclic) bond motifs is 1. The van der Waals surface area contributed by atoms with Crippen LogP contribution in [0.1, 0.15) is 43.0 Å². The fourth-order valence-corrected chi connectivity index (χ4v) is 3.83. The summed E-state index contributed by atoms with van der Waals surface area (Å²) in [6.45, 7) is 2.12. The second kappa shape index (κ2) is 10.1. The zero-order valence-electron chi connectivity index (χ0n) is 16.1. The van der Waals surface area contributed by atoms with E-state index >= 15 is 0 Å². The standard InChI is InChI=1S/C24H25NO2S/c1-2-3-4-9-24(27)25-21-13-10-19(11-14-21)23(26)17-28-22-15-12-18-7-5-6-8-20(18)16-22/h5-8,10-16H,2-4,9,17H2,1H3,(H,25,27). The molecule has 0 aliphatic rings. The van der Waals surface area contributed by atoms with E-state index in [1.807, 2.05) is 12.1 Å². The number of nitrogens with one attached hydrogen (secondary N) is 1. The van der Waals surface area contributed by atoms with E-state index in [0.717, 1.165) is 29.8 Å². The number of rotatable bonds is 9. The molecule has 0 saturated carbocycles. The molecule has 0 atom stereocenters. The molecular formula is C24H25NO2S. The Bertz CT molecular complexity index is 950. The zero-order valence-corrected chi connectivity index (χ0v) is 16.9. The zero-order chi connectivity index (χ0) is 19.8. The molecule has 0 heterocycles. The molecule has 3 aromatic carbocycles. The third kappa shape index (κ3) is 5.70. The second-order valence-corrected chi connectivity index (χ2v) is 7.85. The molecule has 3 nitrogen and oxygen atoms in total. The summed E-state index contributed by atoms with van der Waals surface area (Å²) in [4.78, 5) is 25.4. The number of Topliss-reactive ketones (excluding diaryl/α,β-unsaturated/α-hetero) is 1. The first-order chi connectivity index (χ1) is 13.7. The largest absolute Gasteiger partial charge is 0.326 e. The van der Waals surface area contributed by atoms with Gasteiger partial charge in [-0.2, -0.15) is 0 Å². The van der Waals surface area contributed by atoms with Gasteiger partial charge in [-0.15, -0.1) is 11.8 Å². The minimum absolute atomic E-state index is 0.0272. The summed E-state index contributed by atoms with van der Waals surface area (Å²) in [6.07, 6.45) is 3.61. The van der Waals surface area contributed by atoms with Crippen molar-refractivity contribution in [2.45, 2.75) is 37.5 Å². The van der Waals surface area contributed by atoms with Crippen molar-refractivity contribution in [1.29, 1.82) is 0 Å². The molecule has 1 N–H and O–H groups in total. The van der Waals surface area contributed by atoms with Crippen molar-refractivity contribution in [2.24, 2.45) is 0 Å². The van der Waals surface area contributed by atoms with Gasteiger partial charge in [0.1, 0.15) is 0 Å². The van der Waals surface area contributed by atoms with Crippen molar-refractivity contribution in [3.05, 3.63) is 72.3 Å². The predicted octanol–water partition coefficient (Wildman–Crippen LogP) is 6.33.